The highest BCUT2D eigenvalue weighted by Crippen LogP contribution is 2.23. The van der Waals surface area contributed by atoms with E-state index >= 15 is 0 Å². The molecular formula is C13H17N3O2. The highest BCUT2D eigenvalue weighted by atomic mass is 16.5. The summed E-state index contributed by atoms with van der Waals surface area (Å²) in [6, 6.07) is 5.54. The van der Waals surface area contributed by atoms with E-state index in [9.17, 15) is 0 Å². The van der Waals surface area contributed by atoms with Gasteiger partial charge in [-0.2, -0.15) is 0 Å². The quantitative estimate of drug-likeness (QED) is 0.812. The Morgan fingerprint density at radius 1 is 1.33 bits per heavy atom. The number of aromatic nitrogens is 1. The molecule has 2 rings (SSSR count). The average Bonchev–Trinajstić information content (AvgIpc) is 2.66. The number of nitrogens with one attached hydrogen (secondary N) is 1. The molecule has 5 nitrogen and oxygen atoms in total. The van der Waals surface area contributed by atoms with Crippen molar-refractivity contribution in [1.29, 1.82) is 0 Å². The molecule has 18 heavy (non-hydrogen) atoms. The van der Waals surface area contributed by atoms with E-state index in [0.717, 1.165) is 28.5 Å². The lowest BCUT2D eigenvalue weighted by molar-refractivity contribution is 0.392. The molecule has 1 aromatic carbocycles. The lowest BCUT2D eigenvalue weighted by Gasteiger charge is -2.09. The zero-order valence-corrected chi connectivity index (χ0v) is 10.8. The maximum atomic E-state index is 5.79. The van der Waals surface area contributed by atoms with Gasteiger partial charge in [0.15, 0.2) is 0 Å². The fourth-order valence-corrected chi connectivity index (χ4v) is 1.79. The van der Waals surface area contributed by atoms with Crippen LogP contribution in [-0.4, -0.2) is 12.3 Å². The van der Waals surface area contributed by atoms with E-state index in [4.69, 9.17) is 15.0 Å². The van der Waals surface area contributed by atoms with Crippen molar-refractivity contribution >= 4 is 11.4 Å². The first-order valence-electron chi connectivity index (χ1n) is 5.70. The summed E-state index contributed by atoms with van der Waals surface area (Å²) in [6.07, 6.45) is 0. The van der Waals surface area contributed by atoms with E-state index < -0.39 is 0 Å². The number of ether oxygens (including phenoxy) is 1. The third kappa shape index (κ3) is 2.56. The number of nitrogens with two attached hydrogens (primary N) is 1. The number of nitrogens with zero attached hydrogens (tertiary/aromatic N) is 1. The van der Waals surface area contributed by atoms with Gasteiger partial charge in [0.2, 0.25) is 0 Å². The van der Waals surface area contributed by atoms with E-state index in [2.05, 4.69) is 10.5 Å². The van der Waals surface area contributed by atoms with Gasteiger partial charge in [0.25, 0.3) is 0 Å². The second-order valence-electron chi connectivity index (χ2n) is 4.15. The first-order valence-corrected chi connectivity index (χ1v) is 5.70. The van der Waals surface area contributed by atoms with Gasteiger partial charge in [0.1, 0.15) is 11.5 Å². The standard InChI is InChI=1S/C13H17N3O2/c1-8-13(9(2)18-16-8)7-15-11-4-10(14)5-12(6-11)17-3/h4-6,15H,7,14H2,1-3H3. The number of methoxy groups -OCH3 is 1. The van der Waals surface area contributed by atoms with Crippen LogP contribution in [0.3, 0.4) is 0 Å². The minimum Gasteiger partial charge on any atom is -0.497 e. The topological polar surface area (TPSA) is 73.3 Å². The Morgan fingerprint density at radius 3 is 2.72 bits per heavy atom. The van der Waals surface area contributed by atoms with Gasteiger partial charge in [-0.1, -0.05) is 5.16 Å². The molecule has 1 aromatic heterocycles. The molecule has 0 aliphatic carbocycles. The van der Waals surface area contributed by atoms with Gasteiger partial charge in [-0.15, -0.1) is 0 Å². The van der Waals surface area contributed by atoms with Gasteiger partial charge in [-0.25, -0.2) is 0 Å². The number of benzene rings is 1. The third-order valence-corrected chi connectivity index (χ3v) is 2.82. The predicted octanol–water partition coefficient (Wildman–Crippen LogP) is 2.49. The summed E-state index contributed by atoms with van der Waals surface area (Å²) in [5.41, 5.74) is 9.33. The van der Waals surface area contributed by atoms with Crippen LogP contribution >= 0.6 is 0 Å². The van der Waals surface area contributed by atoms with Crippen molar-refractivity contribution in [3.05, 3.63) is 35.2 Å². The zero-order chi connectivity index (χ0) is 13.1. The SMILES string of the molecule is COc1cc(N)cc(NCc2c(C)noc2C)c1. The zero-order valence-electron chi connectivity index (χ0n) is 10.8. The van der Waals surface area contributed by atoms with Crippen LogP contribution < -0.4 is 15.8 Å². The normalized spacial score (nSPS) is 10.4. The fourth-order valence-electron chi connectivity index (χ4n) is 1.79. The highest BCUT2D eigenvalue weighted by Gasteiger charge is 2.08. The number of hydrogen-bond donors (Lipinski definition) is 2. The molecular weight excluding hydrogens is 230 g/mol. The maximum Gasteiger partial charge on any atom is 0.138 e. The van der Waals surface area contributed by atoms with E-state index in [1.54, 1.807) is 13.2 Å². The highest BCUT2D eigenvalue weighted by molar-refractivity contribution is 5.59. The van der Waals surface area contributed by atoms with Crippen molar-refractivity contribution < 1.29 is 9.26 Å². The van der Waals surface area contributed by atoms with E-state index in [1.165, 1.54) is 0 Å². The van der Waals surface area contributed by atoms with Crippen LogP contribution in [0.15, 0.2) is 22.7 Å². The van der Waals surface area contributed by atoms with Gasteiger partial charge in [-0.3, -0.25) is 0 Å². The summed E-state index contributed by atoms with van der Waals surface area (Å²) in [5, 5.41) is 7.20. The first kappa shape index (κ1) is 12.3. The minimum absolute atomic E-state index is 0.647. The number of nitrogen functional groups attached to an aromatic ring is 1. The van der Waals surface area contributed by atoms with Gasteiger partial charge >= 0.3 is 0 Å². The van der Waals surface area contributed by atoms with E-state index in [1.807, 2.05) is 26.0 Å². The van der Waals surface area contributed by atoms with Crippen LogP contribution in [0.1, 0.15) is 17.0 Å². The summed E-state index contributed by atoms with van der Waals surface area (Å²) in [7, 11) is 1.62. The largest absolute Gasteiger partial charge is 0.497 e. The van der Waals surface area contributed by atoms with Crippen molar-refractivity contribution in [3.8, 4) is 5.75 Å². The first-order chi connectivity index (χ1) is 8.60. The van der Waals surface area contributed by atoms with Crippen LogP contribution in [0.2, 0.25) is 0 Å². The lowest BCUT2D eigenvalue weighted by atomic mass is 10.2. The monoisotopic (exact) mass is 247 g/mol. The van der Waals surface area contributed by atoms with Crippen molar-refractivity contribution in [2.24, 2.45) is 0 Å². The summed E-state index contributed by atoms with van der Waals surface area (Å²) in [5.74, 6) is 1.56. The Bertz CT molecular complexity index is 530. The van der Waals surface area contributed by atoms with Gasteiger partial charge in [0, 0.05) is 35.6 Å². The smallest absolute Gasteiger partial charge is 0.138 e. The Morgan fingerprint density at radius 2 is 2.11 bits per heavy atom. The Kier molecular flexibility index (Phi) is 3.41. The molecule has 0 saturated carbocycles. The number of hydrogen-bond acceptors (Lipinski definition) is 5. The predicted molar refractivity (Wildman–Crippen MR) is 70.7 cm³/mol. The average molecular weight is 247 g/mol. The molecule has 5 heteroatoms. The molecule has 96 valence electrons. The molecule has 0 radical (unpaired) electrons. The number of aryl methyl sites for hydroxylation is 2. The summed E-state index contributed by atoms with van der Waals surface area (Å²) in [4.78, 5) is 0. The van der Waals surface area contributed by atoms with Crippen LogP contribution in [0.25, 0.3) is 0 Å². The van der Waals surface area contributed by atoms with E-state index in [0.29, 0.717) is 12.2 Å². The maximum absolute atomic E-state index is 5.79. The van der Waals surface area contributed by atoms with E-state index in [-0.39, 0.29) is 0 Å². The van der Waals surface area contributed by atoms with Gasteiger partial charge < -0.3 is 20.3 Å². The Balaban J connectivity index is 2.13. The molecule has 0 bridgehead atoms. The van der Waals surface area contributed by atoms with Crippen molar-refractivity contribution in [3.63, 3.8) is 0 Å². The van der Waals surface area contributed by atoms with Crippen molar-refractivity contribution in [1.82, 2.24) is 5.16 Å². The second kappa shape index (κ2) is 5.00. The van der Waals surface area contributed by atoms with Crippen LogP contribution in [0, 0.1) is 13.8 Å². The fraction of sp³-hybridized carbons (Fsp3) is 0.308. The molecule has 0 amide bonds. The van der Waals surface area contributed by atoms with Crippen LogP contribution in [0.4, 0.5) is 11.4 Å². The number of rotatable bonds is 4. The number of anilines is 2. The summed E-state index contributed by atoms with van der Waals surface area (Å²) in [6.45, 7) is 4.47. The third-order valence-electron chi connectivity index (χ3n) is 2.82. The molecule has 0 unspecified atom stereocenters. The molecule has 0 aliphatic heterocycles. The molecule has 2 aromatic rings. The van der Waals surface area contributed by atoms with Gasteiger partial charge in [-0.05, 0) is 19.9 Å². The molecule has 0 aliphatic rings. The van der Waals surface area contributed by atoms with Crippen LogP contribution in [-0.2, 0) is 6.54 Å². The van der Waals surface area contributed by atoms with Crippen LogP contribution in [0.5, 0.6) is 5.75 Å². The van der Waals surface area contributed by atoms with Gasteiger partial charge in [0.05, 0.1) is 12.8 Å². The molecule has 0 fully saturated rings. The van der Waals surface area contributed by atoms with Crippen molar-refractivity contribution in [2.45, 2.75) is 20.4 Å². The lowest BCUT2D eigenvalue weighted by Crippen LogP contribution is -2.02. The molecule has 0 saturated heterocycles. The Hall–Kier alpha value is -2.17. The molecule has 3 N–H and O–H groups in total. The molecule has 0 atom stereocenters. The Labute approximate surface area is 106 Å². The van der Waals surface area contributed by atoms with Crippen molar-refractivity contribution in [2.75, 3.05) is 18.2 Å². The molecule has 0 spiro atoms. The second-order valence-corrected chi connectivity index (χ2v) is 4.15. The summed E-state index contributed by atoms with van der Waals surface area (Å²) < 4.78 is 10.3. The minimum atomic E-state index is 0.647. The molecule has 1 heterocycles. The summed E-state index contributed by atoms with van der Waals surface area (Å²) >= 11 is 0.